The van der Waals surface area contributed by atoms with Gasteiger partial charge in [-0.3, -0.25) is 9.59 Å². The molecule has 0 aliphatic heterocycles. The third-order valence-corrected chi connectivity index (χ3v) is 10.8. The first-order valence-corrected chi connectivity index (χ1v) is 14.2. The first-order chi connectivity index (χ1) is 18.5. The van der Waals surface area contributed by atoms with E-state index in [0.29, 0.717) is 24.2 Å². The summed E-state index contributed by atoms with van der Waals surface area (Å²) in [7, 11) is 0. The molecule has 8 heteroatoms. The van der Waals surface area contributed by atoms with E-state index < -0.39 is 11.6 Å². The van der Waals surface area contributed by atoms with Crippen LogP contribution in [0.3, 0.4) is 0 Å². The van der Waals surface area contributed by atoms with Crippen molar-refractivity contribution in [2.45, 2.75) is 84.3 Å². The molecule has 1 amide bonds. The van der Waals surface area contributed by atoms with Crippen LogP contribution in [0.25, 0.3) is 0 Å². The third kappa shape index (κ3) is 4.71. The van der Waals surface area contributed by atoms with Crippen LogP contribution in [0.4, 0.5) is 0 Å². The van der Waals surface area contributed by atoms with E-state index in [-0.39, 0.29) is 41.2 Å². The van der Waals surface area contributed by atoms with Crippen LogP contribution in [-0.4, -0.2) is 45.8 Å². The van der Waals surface area contributed by atoms with Gasteiger partial charge in [-0.2, -0.15) is 0 Å². The van der Waals surface area contributed by atoms with Gasteiger partial charge in [0.05, 0.1) is 11.3 Å². The summed E-state index contributed by atoms with van der Waals surface area (Å²) in [5, 5.41) is 27.4. The van der Waals surface area contributed by atoms with Gasteiger partial charge in [-0.15, -0.1) is 0 Å². The number of carbonyl (C=O) groups is 3. The van der Waals surface area contributed by atoms with Crippen LogP contribution in [0.5, 0.6) is 0 Å². The van der Waals surface area contributed by atoms with E-state index in [1.54, 1.807) is 19.1 Å². The molecule has 0 saturated heterocycles. The standard InChI is InChI=1S/C31H40N2O6/c1-19(34)31(38)15-12-26-24-9-8-22-16-23(10-13-29(22,2)25(24)11-14-30(26,31)3)33-39-18-27(35)32-17-20-4-6-21(7-5-20)28(36)37/h4-7,16,24-26,38H,8-15,17-18H2,1-3H3,(H,32,35)(H,36,37)/b33-23-/t24?,25?,26?,29-,30-,31-/m0/s1. The lowest BCUT2D eigenvalue weighted by Gasteiger charge is -2.59. The predicted octanol–water partition coefficient (Wildman–Crippen LogP) is 4.66. The average molecular weight is 537 g/mol. The molecule has 0 radical (unpaired) electrons. The van der Waals surface area contributed by atoms with Crippen molar-refractivity contribution in [2.75, 3.05) is 6.61 Å². The molecule has 0 bridgehead atoms. The smallest absolute Gasteiger partial charge is 0.335 e. The zero-order chi connectivity index (χ0) is 28.0. The molecule has 6 atom stereocenters. The molecular weight excluding hydrogens is 496 g/mol. The Labute approximate surface area is 229 Å². The Balaban J connectivity index is 1.18. The summed E-state index contributed by atoms with van der Waals surface area (Å²) in [4.78, 5) is 41.0. The van der Waals surface area contributed by atoms with Crippen molar-refractivity contribution < 1.29 is 29.4 Å². The number of benzene rings is 1. The number of carboxylic acid groups (broad SMARTS) is 1. The Kier molecular flexibility index (Phi) is 7.20. The minimum Gasteiger partial charge on any atom is -0.478 e. The highest BCUT2D eigenvalue weighted by Crippen LogP contribution is 2.67. The van der Waals surface area contributed by atoms with Gasteiger partial charge in [0.15, 0.2) is 12.4 Å². The molecular formula is C31H40N2O6. The van der Waals surface area contributed by atoms with Crippen molar-refractivity contribution in [2.24, 2.45) is 33.7 Å². The minimum atomic E-state index is -1.18. The van der Waals surface area contributed by atoms with Gasteiger partial charge in [0.2, 0.25) is 0 Å². The molecule has 0 spiro atoms. The number of hydrogen-bond donors (Lipinski definition) is 3. The summed E-state index contributed by atoms with van der Waals surface area (Å²) in [6, 6.07) is 6.37. The number of aromatic carboxylic acids is 1. The fourth-order valence-electron chi connectivity index (χ4n) is 8.43. The molecule has 1 aromatic carbocycles. The van der Waals surface area contributed by atoms with Crippen LogP contribution in [0, 0.1) is 28.6 Å². The topological polar surface area (TPSA) is 125 Å². The fourth-order valence-corrected chi connectivity index (χ4v) is 8.43. The number of hydrogen-bond acceptors (Lipinski definition) is 6. The van der Waals surface area contributed by atoms with E-state index in [1.165, 1.54) is 17.7 Å². The summed E-state index contributed by atoms with van der Waals surface area (Å²) in [5.41, 5.74) is 1.87. The molecule has 8 nitrogen and oxygen atoms in total. The molecule has 3 unspecified atom stereocenters. The molecule has 3 fully saturated rings. The van der Waals surface area contributed by atoms with Crippen molar-refractivity contribution in [3.05, 3.63) is 47.0 Å². The highest BCUT2D eigenvalue weighted by atomic mass is 16.6. The highest BCUT2D eigenvalue weighted by Gasteiger charge is 2.65. The van der Waals surface area contributed by atoms with Gasteiger partial charge in [0, 0.05) is 12.0 Å². The first-order valence-electron chi connectivity index (χ1n) is 14.2. The van der Waals surface area contributed by atoms with Gasteiger partial charge in [0.1, 0.15) is 5.60 Å². The largest absolute Gasteiger partial charge is 0.478 e. The molecule has 3 saturated carbocycles. The third-order valence-electron chi connectivity index (χ3n) is 10.8. The summed E-state index contributed by atoms with van der Waals surface area (Å²) < 4.78 is 0. The summed E-state index contributed by atoms with van der Waals surface area (Å²) in [6.07, 6.45) is 9.46. The number of nitrogens with one attached hydrogen (secondary N) is 1. The summed E-state index contributed by atoms with van der Waals surface area (Å²) in [6.45, 7) is 6.20. The highest BCUT2D eigenvalue weighted by molar-refractivity contribution is 5.96. The van der Waals surface area contributed by atoms with Gasteiger partial charge in [0.25, 0.3) is 5.91 Å². The Bertz CT molecular complexity index is 1220. The molecule has 0 aromatic heterocycles. The molecule has 4 aliphatic carbocycles. The van der Waals surface area contributed by atoms with Gasteiger partial charge < -0.3 is 20.4 Å². The zero-order valence-electron chi connectivity index (χ0n) is 23.2. The molecule has 39 heavy (non-hydrogen) atoms. The van der Waals surface area contributed by atoms with Crippen molar-refractivity contribution in [3.63, 3.8) is 0 Å². The Morgan fingerprint density at radius 3 is 2.44 bits per heavy atom. The number of nitrogens with zero attached hydrogens (tertiary/aromatic N) is 1. The van der Waals surface area contributed by atoms with Crippen LogP contribution in [0.1, 0.15) is 88.1 Å². The predicted molar refractivity (Wildman–Crippen MR) is 146 cm³/mol. The van der Waals surface area contributed by atoms with Gasteiger partial charge in [-0.05, 0) is 105 Å². The number of ketones is 1. The SMILES string of the molecule is CC(=O)[C@@]1(O)CCC2C3CCC4=C/C(=N\OCC(=O)NCc5ccc(C(=O)O)cc5)CC[C@]4(C)C3CC[C@@]21C. The Hall–Kier alpha value is -3.00. The van der Waals surface area contributed by atoms with Crippen LogP contribution >= 0.6 is 0 Å². The molecule has 210 valence electrons. The quantitative estimate of drug-likeness (QED) is 0.436. The first kappa shape index (κ1) is 27.6. The maximum absolute atomic E-state index is 12.4. The van der Waals surface area contributed by atoms with Crippen molar-refractivity contribution in [1.29, 1.82) is 0 Å². The minimum absolute atomic E-state index is 0.0739. The van der Waals surface area contributed by atoms with Crippen LogP contribution in [0.15, 0.2) is 41.1 Å². The maximum atomic E-state index is 12.4. The van der Waals surface area contributed by atoms with E-state index in [1.807, 2.05) is 0 Å². The monoisotopic (exact) mass is 536 g/mol. The number of aliphatic hydroxyl groups is 1. The van der Waals surface area contributed by atoms with Crippen molar-refractivity contribution in [3.8, 4) is 0 Å². The van der Waals surface area contributed by atoms with Crippen LogP contribution < -0.4 is 5.32 Å². The summed E-state index contributed by atoms with van der Waals surface area (Å²) >= 11 is 0. The molecule has 4 aliphatic rings. The summed E-state index contributed by atoms with van der Waals surface area (Å²) in [5.74, 6) is 0.108. The second-order valence-electron chi connectivity index (χ2n) is 12.5. The second-order valence-corrected chi connectivity index (χ2v) is 12.5. The van der Waals surface area contributed by atoms with E-state index in [9.17, 15) is 19.5 Å². The average Bonchev–Trinajstić information content (AvgIpc) is 3.19. The molecule has 1 aromatic rings. The van der Waals surface area contributed by atoms with Crippen molar-refractivity contribution >= 4 is 23.4 Å². The van der Waals surface area contributed by atoms with E-state index >= 15 is 0 Å². The number of rotatable bonds is 7. The number of allylic oxidation sites excluding steroid dienone is 2. The maximum Gasteiger partial charge on any atom is 0.335 e. The number of Topliss-reactive ketones (excluding diaryl/α,β-unsaturated/α-hetero) is 1. The van der Waals surface area contributed by atoms with Crippen molar-refractivity contribution in [1.82, 2.24) is 5.32 Å². The van der Waals surface area contributed by atoms with E-state index in [4.69, 9.17) is 9.94 Å². The lowest BCUT2D eigenvalue weighted by molar-refractivity contribution is -0.159. The number of carboxylic acids is 1. The molecule has 0 heterocycles. The van der Waals surface area contributed by atoms with E-state index in [0.717, 1.165) is 56.2 Å². The number of oxime groups is 1. The van der Waals surface area contributed by atoms with Gasteiger partial charge in [-0.25, -0.2) is 4.79 Å². The normalized spacial score (nSPS) is 36.3. The molecule has 5 rings (SSSR count). The van der Waals surface area contributed by atoms with Gasteiger partial charge >= 0.3 is 5.97 Å². The van der Waals surface area contributed by atoms with Crippen LogP contribution in [0.2, 0.25) is 0 Å². The lowest BCUT2D eigenvalue weighted by Crippen LogP contribution is -2.57. The number of fused-ring (bicyclic) bond motifs is 5. The molecule has 3 N–H and O–H groups in total. The second kappa shape index (κ2) is 10.2. The number of carbonyl (C=O) groups excluding carboxylic acids is 2. The van der Waals surface area contributed by atoms with E-state index in [2.05, 4.69) is 30.4 Å². The Morgan fingerprint density at radius 1 is 1.03 bits per heavy atom. The lowest BCUT2D eigenvalue weighted by atomic mass is 9.46. The van der Waals surface area contributed by atoms with Gasteiger partial charge in [-0.1, -0.05) is 36.7 Å². The van der Waals surface area contributed by atoms with Crippen LogP contribution in [-0.2, 0) is 21.0 Å². The fraction of sp³-hybridized carbons (Fsp3) is 0.613. The Morgan fingerprint density at radius 2 is 1.74 bits per heavy atom. The number of amides is 1. The zero-order valence-corrected chi connectivity index (χ0v) is 23.2.